The third kappa shape index (κ3) is 68.6. The van der Waals surface area contributed by atoms with Gasteiger partial charge >= 0.3 is 39.5 Å². The van der Waals surface area contributed by atoms with Gasteiger partial charge in [-0.3, -0.25) is 37.3 Å². The predicted octanol–water partition coefficient (Wildman–Crippen LogP) is 21.9. The van der Waals surface area contributed by atoms with E-state index in [2.05, 4.69) is 41.5 Å². The van der Waals surface area contributed by atoms with Crippen molar-refractivity contribution in [2.24, 2.45) is 11.8 Å². The van der Waals surface area contributed by atoms with Gasteiger partial charge in [0.2, 0.25) is 0 Å². The van der Waals surface area contributed by atoms with Crippen LogP contribution in [0.2, 0.25) is 0 Å². The van der Waals surface area contributed by atoms with Crippen LogP contribution in [0.25, 0.3) is 0 Å². The maximum absolute atomic E-state index is 13.1. The number of aliphatic hydroxyl groups is 1. The summed E-state index contributed by atoms with van der Waals surface area (Å²) in [6.07, 6.45) is 54.3. The van der Waals surface area contributed by atoms with Crippen LogP contribution < -0.4 is 0 Å². The van der Waals surface area contributed by atoms with E-state index in [1.54, 1.807) is 0 Å². The van der Waals surface area contributed by atoms with E-state index in [0.29, 0.717) is 25.7 Å². The third-order valence-electron chi connectivity index (χ3n) is 17.5. The van der Waals surface area contributed by atoms with Crippen LogP contribution in [-0.4, -0.2) is 96.7 Å². The number of carbonyl (C=O) groups is 4. The Bertz CT molecular complexity index is 1820. The molecule has 0 aliphatic rings. The van der Waals surface area contributed by atoms with Crippen molar-refractivity contribution in [1.82, 2.24) is 0 Å². The molecule has 0 bridgehead atoms. The smallest absolute Gasteiger partial charge is 0.462 e. The lowest BCUT2D eigenvalue weighted by Crippen LogP contribution is -2.30. The van der Waals surface area contributed by atoms with Gasteiger partial charge in [-0.15, -0.1) is 0 Å². The lowest BCUT2D eigenvalue weighted by atomic mass is 10.0. The van der Waals surface area contributed by atoms with Gasteiger partial charge in [0, 0.05) is 25.7 Å². The molecule has 0 saturated heterocycles. The number of phosphoric ester groups is 2. The molecule has 94 heavy (non-hydrogen) atoms. The number of ether oxygens (including phenoxy) is 4. The van der Waals surface area contributed by atoms with Crippen LogP contribution >= 0.6 is 15.6 Å². The fourth-order valence-corrected chi connectivity index (χ4v) is 13.1. The van der Waals surface area contributed by atoms with Gasteiger partial charge in [0.05, 0.1) is 26.4 Å². The van der Waals surface area contributed by atoms with E-state index in [0.717, 1.165) is 115 Å². The van der Waals surface area contributed by atoms with E-state index in [1.807, 2.05) is 0 Å². The summed E-state index contributed by atoms with van der Waals surface area (Å²) in [5, 5.41) is 10.6. The number of rotatable bonds is 74. The quantitative estimate of drug-likeness (QED) is 0.0222. The minimum absolute atomic E-state index is 0.105. The Morgan fingerprint density at radius 2 is 0.489 bits per heavy atom. The largest absolute Gasteiger partial charge is 0.472 e. The van der Waals surface area contributed by atoms with Gasteiger partial charge in [0.25, 0.3) is 0 Å². The number of esters is 4. The van der Waals surface area contributed by atoms with Gasteiger partial charge < -0.3 is 33.8 Å². The molecule has 0 aromatic carbocycles. The third-order valence-corrected chi connectivity index (χ3v) is 19.4. The highest BCUT2D eigenvalue weighted by atomic mass is 31.2. The molecule has 0 radical (unpaired) electrons. The monoisotopic (exact) mass is 1380 g/mol. The number of carbonyl (C=O) groups excluding carboxylic acids is 4. The first-order valence-corrected chi connectivity index (χ1v) is 42.0. The summed E-state index contributed by atoms with van der Waals surface area (Å²) in [6.45, 7) is 9.55. The molecular weight excluding hydrogens is 1230 g/mol. The van der Waals surface area contributed by atoms with Gasteiger partial charge in [-0.2, -0.15) is 0 Å². The van der Waals surface area contributed by atoms with Gasteiger partial charge in [-0.1, -0.05) is 337 Å². The van der Waals surface area contributed by atoms with Crippen LogP contribution in [0.5, 0.6) is 0 Å². The van der Waals surface area contributed by atoms with E-state index in [1.165, 1.54) is 193 Å². The van der Waals surface area contributed by atoms with Crippen molar-refractivity contribution in [2.75, 3.05) is 39.6 Å². The van der Waals surface area contributed by atoms with Gasteiger partial charge in [0.1, 0.15) is 19.3 Å². The van der Waals surface area contributed by atoms with Crippen LogP contribution in [0.3, 0.4) is 0 Å². The molecular formula is C75H146O17P2. The zero-order valence-corrected chi connectivity index (χ0v) is 63.1. The van der Waals surface area contributed by atoms with Crippen LogP contribution in [-0.2, 0) is 65.4 Å². The van der Waals surface area contributed by atoms with Gasteiger partial charge in [-0.25, -0.2) is 9.13 Å². The minimum atomic E-state index is -4.96. The van der Waals surface area contributed by atoms with Crippen LogP contribution in [0.4, 0.5) is 0 Å². The van der Waals surface area contributed by atoms with Crippen LogP contribution in [0.15, 0.2) is 0 Å². The van der Waals surface area contributed by atoms with Crippen molar-refractivity contribution in [3.05, 3.63) is 0 Å². The Labute approximate surface area is 575 Å². The summed E-state index contributed by atoms with van der Waals surface area (Å²) in [7, 11) is -9.90. The number of hydrogen-bond donors (Lipinski definition) is 3. The Hall–Kier alpha value is -1.94. The maximum atomic E-state index is 13.1. The number of aliphatic hydroxyl groups excluding tert-OH is 1. The molecule has 5 atom stereocenters. The molecule has 19 heteroatoms. The Morgan fingerprint density at radius 3 is 0.723 bits per heavy atom. The summed E-state index contributed by atoms with van der Waals surface area (Å²) in [5.74, 6) is -0.575. The molecule has 558 valence electrons. The summed E-state index contributed by atoms with van der Waals surface area (Å²) >= 11 is 0. The van der Waals surface area contributed by atoms with Crippen molar-refractivity contribution in [3.8, 4) is 0 Å². The van der Waals surface area contributed by atoms with Crippen molar-refractivity contribution in [2.45, 2.75) is 407 Å². The van der Waals surface area contributed by atoms with Crippen LogP contribution in [0, 0.1) is 11.8 Å². The zero-order chi connectivity index (χ0) is 69.3. The fourth-order valence-electron chi connectivity index (χ4n) is 11.5. The number of hydrogen-bond acceptors (Lipinski definition) is 15. The predicted molar refractivity (Wildman–Crippen MR) is 381 cm³/mol. The average Bonchev–Trinajstić information content (AvgIpc) is 1.97. The maximum Gasteiger partial charge on any atom is 0.472 e. The Kier molecular flexibility index (Phi) is 65.5. The first-order valence-electron chi connectivity index (χ1n) is 39.0. The molecule has 0 amide bonds. The molecule has 0 rings (SSSR count). The summed E-state index contributed by atoms with van der Waals surface area (Å²) in [6, 6.07) is 0. The van der Waals surface area contributed by atoms with E-state index >= 15 is 0 Å². The Morgan fingerprint density at radius 1 is 0.287 bits per heavy atom. The summed E-state index contributed by atoms with van der Waals surface area (Å²) in [5.41, 5.74) is 0. The highest BCUT2D eigenvalue weighted by Gasteiger charge is 2.30. The number of unbranched alkanes of at least 4 members (excludes halogenated alkanes) is 44. The molecule has 0 spiro atoms. The van der Waals surface area contributed by atoms with Crippen molar-refractivity contribution in [1.29, 1.82) is 0 Å². The Balaban J connectivity index is 5.19. The molecule has 0 aliphatic heterocycles. The molecule has 2 unspecified atom stereocenters. The highest BCUT2D eigenvalue weighted by Crippen LogP contribution is 2.45. The minimum Gasteiger partial charge on any atom is -0.462 e. The second-order valence-corrected chi connectivity index (χ2v) is 30.9. The highest BCUT2D eigenvalue weighted by molar-refractivity contribution is 7.47. The van der Waals surface area contributed by atoms with Crippen molar-refractivity contribution >= 4 is 39.5 Å². The van der Waals surface area contributed by atoms with Crippen molar-refractivity contribution in [3.63, 3.8) is 0 Å². The SMILES string of the molecule is CCCCCCCCCCCCCCCCCCC(=O)OC[C@H](COP(=O)(O)OC[C@@H](O)COP(=O)(O)OC[C@@H](COC(=O)CCCCCCCCC)OC(=O)CCCCCCCCCCCC(C)C)OC(=O)CCCCCCCCCCCCCCCCCCC(C)C. The summed E-state index contributed by atoms with van der Waals surface area (Å²) in [4.78, 5) is 72.6. The average molecular weight is 1380 g/mol. The molecule has 0 heterocycles. The number of phosphoric acid groups is 2. The fraction of sp³-hybridized carbons (Fsp3) is 0.947. The normalized spacial score (nSPS) is 14.0. The second kappa shape index (κ2) is 66.9. The second-order valence-electron chi connectivity index (χ2n) is 28.0. The molecule has 3 N–H and O–H groups in total. The molecule has 0 aliphatic carbocycles. The first kappa shape index (κ1) is 92.1. The van der Waals surface area contributed by atoms with E-state index < -0.39 is 97.5 Å². The standard InChI is InChI=1S/C75H146O17P2/c1-7-9-11-13-15-16-17-18-19-23-26-29-34-40-46-52-58-73(78)86-64-71(92-74(79)59-53-47-41-35-30-27-24-21-20-22-25-28-32-38-43-49-55-67(3)4)66-90-94(83,84)88-62-69(76)61-87-93(81,82)89-65-70(63-85-72(77)57-51-45-37-14-12-10-8-2)91-75(80)60-54-48-42-36-31-33-39-44-50-56-68(5)6/h67-71,76H,7-66H2,1-6H3,(H,81,82)(H,83,84)/t69-,70+,71+/m0/s1. The lowest BCUT2D eigenvalue weighted by Gasteiger charge is -2.21. The van der Waals surface area contributed by atoms with E-state index in [-0.39, 0.29) is 25.7 Å². The summed E-state index contributed by atoms with van der Waals surface area (Å²) < 4.78 is 68.4. The molecule has 0 saturated carbocycles. The topological polar surface area (TPSA) is 237 Å². The van der Waals surface area contributed by atoms with Gasteiger partial charge in [-0.05, 0) is 37.5 Å². The molecule has 0 fully saturated rings. The van der Waals surface area contributed by atoms with Crippen molar-refractivity contribution < 1.29 is 80.2 Å². The zero-order valence-electron chi connectivity index (χ0n) is 61.3. The van der Waals surface area contributed by atoms with E-state index in [4.69, 9.17) is 37.0 Å². The molecule has 0 aromatic rings. The van der Waals surface area contributed by atoms with Gasteiger partial charge in [0.15, 0.2) is 12.2 Å². The molecule has 0 aromatic heterocycles. The first-order chi connectivity index (χ1) is 45.4. The van der Waals surface area contributed by atoms with E-state index in [9.17, 15) is 43.2 Å². The lowest BCUT2D eigenvalue weighted by molar-refractivity contribution is -0.161. The van der Waals surface area contributed by atoms with Crippen LogP contribution in [0.1, 0.15) is 388 Å². The molecule has 17 nitrogen and oxygen atoms in total.